The first-order valence-electron chi connectivity index (χ1n) is 2.76. The van der Waals surface area contributed by atoms with Gasteiger partial charge in [0.25, 0.3) is 0 Å². The van der Waals surface area contributed by atoms with Crippen LogP contribution in [-0.4, -0.2) is 6.29 Å². The zero-order valence-corrected chi connectivity index (χ0v) is 6.89. The molecule has 0 unspecified atom stereocenters. The van der Waals surface area contributed by atoms with Crippen molar-refractivity contribution in [3.05, 3.63) is 28.0 Å². The summed E-state index contributed by atoms with van der Waals surface area (Å²) in [6.45, 7) is 0. The van der Waals surface area contributed by atoms with Crippen molar-refractivity contribution in [2.45, 2.75) is 0 Å². The van der Waals surface area contributed by atoms with Crippen molar-refractivity contribution in [2.75, 3.05) is 0 Å². The van der Waals surface area contributed by atoms with Gasteiger partial charge in [-0.1, -0.05) is 21.7 Å². The number of benzene rings is 1. The number of carbonyl (C=O) groups is 1. The molecule has 0 aliphatic carbocycles. The first-order chi connectivity index (χ1) is 5.15. The maximum atomic E-state index is 12.5. The molecule has 1 rings (SSSR count). The fraction of sp³-hybridized carbons (Fsp3) is 0. The third-order valence-corrected chi connectivity index (χ3v) is 1.75. The molecule has 0 N–H and O–H groups in total. The first-order valence-corrected chi connectivity index (χ1v) is 3.55. The Kier molecular flexibility index (Phi) is 2.24. The van der Waals surface area contributed by atoms with E-state index in [1.54, 1.807) is 0 Å². The molecule has 58 valence electrons. The molecule has 0 aliphatic heterocycles. The number of rotatable bonds is 1. The Morgan fingerprint density at radius 2 is 2.18 bits per heavy atom. The van der Waals surface area contributed by atoms with Crippen molar-refractivity contribution >= 4 is 22.2 Å². The normalized spacial score (nSPS) is 9.64. The smallest absolute Gasteiger partial charge is 0.150 e. The van der Waals surface area contributed by atoms with Crippen LogP contribution < -0.4 is 5.11 Å². The van der Waals surface area contributed by atoms with E-state index < -0.39 is 11.6 Å². The van der Waals surface area contributed by atoms with Crippen LogP contribution in [0.25, 0.3) is 0 Å². The molecular formula is C7H3BrFO2-. The van der Waals surface area contributed by atoms with Crippen LogP contribution in [-0.2, 0) is 0 Å². The van der Waals surface area contributed by atoms with Crippen LogP contribution in [0.3, 0.4) is 0 Å². The Morgan fingerprint density at radius 1 is 1.55 bits per heavy atom. The molecule has 0 saturated heterocycles. The van der Waals surface area contributed by atoms with Crippen molar-refractivity contribution in [1.82, 2.24) is 0 Å². The molecule has 11 heavy (non-hydrogen) atoms. The molecule has 1 aromatic rings. The van der Waals surface area contributed by atoms with Crippen molar-refractivity contribution < 1.29 is 14.3 Å². The fourth-order valence-electron chi connectivity index (χ4n) is 0.648. The highest BCUT2D eigenvalue weighted by atomic mass is 79.9. The summed E-state index contributed by atoms with van der Waals surface area (Å²) in [7, 11) is 0. The number of carbonyl (C=O) groups excluding carboxylic acids is 1. The van der Waals surface area contributed by atoms with E-state index in [9.17, 15) is 14.3 Å². The van der Waals surface area contributed by atoms with E-state index in [2.05, 4.69) is 15.9 Å². The Bertz CT molecular complexity index is 275. The summed E-state index contributed by atoms with van der Waals surface area (Å²) in [6.07, 6.45) is 0.479. The summed E-state index contributed by atoms with van der Waals surface area (Å²) in [5.74, 6) is -1.64. The molecule has 0 spiro atoms. The van der Waals surface area contributed by atoms with Gasteiger partial charge in [-0.25, -0.2) is 4.39 Å². The van der Waals surface area contributed by atoms with E-state index in [0.29, 0.717) is 6.29 Å². The lowest BCUT2D eigenvalue weighted by molar-refractivity contribution is -0.273. The molecule has 4 heteroatoms. The predicted molar refractivity (Wildman–Crippen MR) is 38.9 cm³/mol. The number of halogens is 2. The summed E-state index contributed by atoms with van der Waals surface area (Å²) in [4.78, 5) is 10.1. The largest absolute Gasteiger partial charge is 0.870 e. The summed E-state index contributed by atoms with van der Waals surface area (Å²) >= 11 is 2.83. The summed E-state index contributed by atoms with van der Waals surface area (Å²) in [5.41, 5.74) is 0.147. The van der Waals surface area contributed by atoms with E-state index in [1.165, 1.54) is 6.07 Å². The lowest BCUT2D eigenvalue weighted by Gasteiger charge is -2.09. The van der Waals surface area contributed by atoms with Gasteiger partial charge in [-0.05, 0) is 12.1 Å². The second-order valence-electron chi connectivity index (χ2n) is 1.93. The summed E-state index contributed by atoms with van der Waals surface area (Å²) in [5, 5.41) is 10.7. The average Bonchev–Trinajstić information content (AvgIpc) is 1.99. The van der Waals surface area contributed by atoms with Gasteiger partial charge in [0.05, 0.1) is 0 Å². The predicted octanol–water partition coefficient (Wildman–Crippen LogP) is 1.47. The van der Waals surface area contributed by atoms with Gasteiger partial charge < -0.3 is 5.11 Å². The quantitative estimate of drug-likeness (QED) is 0.669. The number of hydrogen-bond acceptors (Lipinski definition) is 2. The minimum atomic E-state index is -0.915. The second kappa shape index (κ2) is 3.00. The Morgan fingerprint density at radius 3 is 2.64 bits per heavy atom. The zero-order valence-electron chi connectivity index (χ0n) is 5.30. The molecule has 0 aliphatic rings. The summed E-state index contributed by atoms with van der Waals surface area (Å²) in [6, 6.07) is 2.18. The lowest BCUT2D eigenvalue weighted by atomic mass is 10.2. The van der Waals surface area contributed by atoms with E-state index in [1.807, 2.05) is 0 Å². The highest BCUT2D eigenvalue weighted by Gasteiger charge is 1.99. The number of hydrogen-bond donors (Lipinski definition) is 0. The lowest BCUT2D eigenvalue weighted by Crippen LogP contribution is -1.96. The molecular weight excluding hydrogens is 215 g/mol. The van der Waals surface area contributed by atoms with Crippen LogP contribution in [0.15, 0.2) is 16.6 Å². The monoisotopic (exact) mass is 217 g/mol. The maximum absolute atomic E-state index is 12.5. The number of aldehydes is 1. The van der Waals surface area contributed by atoms with Crippen LogP contribution in [0.4, 0.5) is 4.39 Å². The molecule has 0 saturated carbocycles. The molecule has 1 aromatic carbocycles. The van der Waals surface area contributed by atoms with E-state index in [0.717, 1.165) is 6.07 Å². The van der Waals surface area contributed by atoms with Gasteiger partial charge in [-0.3, -0.25) is 4.79 Å². The average molecular weight is 218 g/mol. The van der Waals surface area contributed by atoms with Crippen LogP contribution >= 0.6 is 15.9 Å². The highest BCUT2D eigenvalue weighted by molar-refractivity contribution is 9.10. The van der Waals surface area contributed by atoms with Crippen LogP contribution in [0, 0.1) is 5.82 Å². The molecule has 0 bridgehead atoms. The van der Waals surface area contributed by atoms with Gasteiger partial charge in [-0.2, -0.15) is 0 Å². The Labute approximate surface area is 70.8 Å². The highest BCUT2D eigenvalue weighted by Crippen LogP contribution is 2.24. The van der Waals surface area contributed by atoms with Gasteiger partial charge >= 0.3 is 0 Å². The van der Waals surface area contributed by atoms with Gasteiger partial charge in [0.1, 0.15) is 12.1 Å². The molecule has 0 amide bonds. The second-order valence-corrected chi connectivity index (χ2v) is 2.79. The molecule has 2 nitrogen and oxygen atoms in total. The van der Waals surface area contributed by atoms with Gasteiger partial charge in [0.15, 0.2) is 0 Å². The Hall–Kier alpha value is -0.900. The topological polar surface area (TPSA) is 40.1 Å². The molecule has 0 heterocycles. The van der Waals surface area contributed by atoms with Crippen LogP contribution in [0.5, 0.6) is 5.75 Å². The van der Waals surface area contributed by atoms with Crippen molar-refractivity contribution in [3.63, 3.8) is 0 Å². The molecule has 0 fully saturated rings. The van der Waals surface area contributed by atoms with Crippen molar-refractivity contribution in [2.24, 2.45) is 0 Å². The van der Waals surface area contributed by atoms with E-state index in [4.69, 9.17) is 0 Å². The maximum Gasteiger partial charge on any atom is 0.150 e. The summed E-state index contributed by atoms with van der Waals surface area (Å²) < 4.78 is 12.6. The Balaban J connectivity index is 3.31. The zero-order chi connectivity index (χ0) is 8.43. The van der Waals surface area contributed by atoms with Gasteiger partial charge in [0.2, 0.25) is 0 Å². The van der Waals surface area contributed by atoms with E-state index in [-0.39, 0.29) is 10.0 Å². The SMILES string of the molecule is O=Cc1cc(F)c([O-])c(Br)c1. The third-order valence-electron chi connectivity index (χ3n) is 1.16. The van der Waals surface area contributed by atoms with Gasteiger partial charge in [-0.15, -0.1) is 0 Å². The van der Waals surface area contributed by atoms with Crippen LogP contribution in [0.1, 0.15) is 10.4 Å². The fourth-order valence-corrected chi connectivity index (χ4v) is 1.10. The molecule has 0 atom stereocenters. The molecule has 0 aromatic heterocycles. The molecule has 0 radical (unpaired) electrons. The van der Waals surface area contributed by atoms with Gasteiger partial charge in [0, 0.05) is 10.0 Å². The van der Waals surface area contributed by atoms with Crippen LogP contribution in [0.2, 0.25) is 0 Å². The third kappa shape index (κ3) is 1.57. The minimum absolute atomic E-state index is 0.0691. The van der Waals surface area contributed by atoms with E-state index >= 15 is 0 Å². The first kappa shape index (κ1) is 8.20. The standard InChI is InChI=1S/C7H4BrFO2/c8-5-1-4(3-10)2-6(9)7(5)11/h1-3,11H/p-1. The minimum Gasteiger partial charge on any atom is -0.870 e. The van der Waals surface area contributed by atoms with Crippen molar-refractivity contribution in [1.29, 1.82) is 0 Å². The van der Waals surface area contributed by atoms with Crippen molar-refractivity contribution in [3.8, 4) is 5.75 Å².